The second-order valence-corrected chi connectivity index (χ2v) is 10.8. The lowest BCUT2D eigenvalue weighted by Gasteiger charge is -2.28. The van der Waals surface area contributed by atoms with Crippen LogP contribution in [0.4, 0.5) is 11.6 Å². The number of thiocarbonyl (C=S) groups is 1. The van der Waals surface area contributed by atoms with E-state index in [1.165, 1.54) is 12.1 Å². The predicted molar refractivity (Wildman–Crippen MR) is 140 cm³/mol. The van der Waals surface area contributed by atoms with Gasteiger partial charge in [-0.25, -0.2) is 23.1 Å². The number of rotatable bonds is 6. The Labute approximate surface area is 210 Å². The highest BCUT2D eigenvalue weighted by atomic mass is 32.2. The highest BCUT2D eigenvalue weighted by Crippen LogP contribution is 2.41. The average Bonchev–Trinajstić information content (AvgIpc) is 3.30. The van der Waals surface area contributed by atoms with Crippen LogP contribution in [-0.2, 0) is 20.2 Å². The zero-order valence-electron chi connectivity index (χ0n) is 19.5. The van der Waals surface area contributed by atoms with Crippen molar-refractivity contribution < 1.29 is 13.2 Å². The number of sulfonamides is 1. The molecule has 0 atom stereocenters. The highest BCUT2D eigenvalue weighted by Gasteiger charge is 2.42. The Kier molecular flexibility index (Phi) is 7.13. The molecule has 8 nitrogen and oxygen atoms in total. The molecule has 10 heteroatoms. The molecule has 3 aromatic rings. The summed E-state index contributed by atoms with van der Waals surface area (Å²) in [4.78, 5) is 21.5. The summed E-state index contributed by atoms with van der Waals surface area (Å²) in [5.41, 5.74) is 2.28. The van der Waals surface area contributed by atoms with Gasteiger partial charge in [0.15, 0.2) is 5.11 Å². The van der Waals surface area contributed by atoms with Gasteiger partial charge in [-0.3, -0.25) is 4.79 Å². The SMILES string of the molecule is Cc1cc(C)nc(NS(=O)(=O)c2ccc(NC(=S)NC(=O)C3(c4ccccc4)CCCC3)cc2)n1. The monoisotopic (exact) mass is 509 g/mol. The van der Waals surface area contributed by atoms with Crippen molar-refractivity contribution in [1.29, 1.82) is 0 Å². The van der Waals surface area contributed by atoms with Gasteiger partial charge in [0, 0.05) is 17.1 Å². The molecule has 0 saturated heterocycles. The van der Waals surface area contributed by atoms with E-state index < -0.39 is 15.4 Å². The van der Waals surface area contributed by atoms with Gasteiger partial charge in [-0.1, -0.05) is 43.2 Å². The number of aromatic nitrogens is 2. The zero-order valence-corrected chi connectivity index (χ0v) is 21.2. The minimum atomic E-state index is -3.87. The molecule has 182 valence electrons. The van der Waals surface area contributed by atoms with E-state index in [0.29, 0.717) is 17.1 Å². The van der Waals surface area contributed by atoms with Crippen LogP contribution < -0.4 is 15.4 Å². The number of nitrogens with zero attached hydrogens (tertiary/aromatic N) is 2. The van der Waals surface area contributed by atoms with Gasteiger partial charge in [-0.05, 0) is 74.8 Å². The summed E-state index contributed by atoms with van der Waals surface area (Å²) in [6.07, 6.45) is 3.52. The first-order chi connectivity index (χ1) is 16.7. The van der Waals surface area contributed by atoms with Crippen LogP contribution in [0.2, 0.25) is 0 Å². The Balaban J connectivity index is 1.42. The molecule has 0 aliphatic heterocycles. The Morgan fingerprint density at radius 2 is 1.54 bits per heavy atom. The standard InChI is InChI=1S/C25H27N5O3S2/c1-17-16-18(2)27-23(26-17)30-35(32,33)21-12-10-20(11-13-21)28-24(34)29-22(31)25(14-6-7-15-25)19-8-4-3-5-9-19/h3-5,8-13,16H,6-7,14-15H2,1-2H3,(H,26,27,30)(H2,28,29,31,34). The van der Waals surface area contributed by atoms with Gasteiger partial charge in [0.2, 0.25) is 11.9 Å². The molecule has 4 rings (SSSR count). The van der Waals surface area contributed by atoms with E-state index >= 15 is 0 Å². The fourth-order valence-electron chi connectivity index (χ4n) is 4.44. The van der Waals surface area contributed by atoms with Crippen LogP contribution in [0.25, 0.3) is 0 Å². The molecule has 1 aliphatic rings. The first-order valence-electron chi connectivity index (χ1n) is 11.3. The van der Waals surface area contributed by atoms with Gasteiger partial charge < -0.3 is 10.6 Å². The summed E-state index contributed by atoms with van der Waals surface area (Å²) in [5, 5.41) is 5.96. The Morgan fingerprint density at radius 3 is 2.14 bits per heavy atom. The Bertz CT molecular complexity index is 1320. The van der Waals surface area contributed by atoms with Gasteiger partial charge in [0.25, 0.3) is 10.0 Å². The molecule has 1 heterocycles. The van der Waals surface area contributed by atoms with Crippen molar-refractivity contribution in [2.45, 2.75) is 49.8 Å². The summed E-state index contributed by atoms with van der Waals surface area (Å²) in [5.74, 6) is -0.108. The van der Waals surface area contributed by atoms with E-state index in [1.807, 2.05) is 30.3 Å². The fraction of sp³-hybridized carbons (Fsp3) is 0.280. The van der Waals surface area contributed by atoms with Gasteiger partial charge in [-0.15, -0.1) is 0 Å². The number of benzene rings is 2. The molecule has 0 spiro atoms. The van der Waals surface area contributed by atoms with Crippen molar-refractivity contribution in [3.05, 3.63) is 77.6 Å². The summed E-state index contributed by atoms with van der Waals surface area (Å²) < 4.78 is 27.9. The molecule has 3 N–H and O–H groups in total. The minimum Gasteiger partial charge on any atom is -0.332 e. The quantitative estimate of drug-likeness (QED) is 0.427. The highest BCUT2D eigenvalue weighted by molar-refractivity contribution is 7.92. The predicted octanol–water partition coefficient (Wildman–Crippen LogP) is 4.22. The first-order valence-corrected chi connectivity index (χ1v) is 13.2. The van der Waals surface area contributed by atoms with Gasteiger partial charge in [0.05, 0.1) is 10.3 Å². The van der Waals surface area contributed by atoms with Gasteiger partial charge >= 0.3 is 0 Å². The van der Waals surface area contributed by atoms with Crippen LogP contribution in [0.1, 0.15) is 42.6 Å². The zero-order chi connectivity index (χ0) is 25.1. The number of hydrogen-bond donors (Lipinski definition) is 3. The number of amides is 1. The normalized spacial score (nSPS) is 14.8. The maximum atomic E-state index is 13.2. The molecule has 1 fully saturated rings. The second kappa shape index (κ2) is 10.1. The Hall–Kier alpha value is -3.37. The minimum absolute atomic E-state index is 0.0212. The van der Waals surface area contributed by atoms with Crippen molar-refractivity contribution >= 4 is 44.9 Å². The second-order valence-electron chi connectivity index (χ2n) is 8.67. The van der Waals surface area contributed by atoms with Crippen molar-refractivity contribution in [2.75, 3.05) is 10.0 Å². The van der Waals surface area contributed by atoms with E-state index in [0.717, 1.165) is 31.2 Å². The number of nitrogens with one attached hydrogen (secondary N) is 3. The van der Waals surface area contributed by atoms with E-state index in [-0.39, 0.29) is 21.9 Å². The first kappa shape index (κ1) is 24.7. The molecule has 1 amide bonds. The number of anilines is 2. The van der Waals surface area contributed by atoms with E-state index in [4.69, 9.17) is 12.2 Å². The fourth-order valence-corrected chi connectivity index (χ4v) is 5.59. The summed E-state index contributed by atoms with van der Waals surface area (Å²) in [6, 6.07) is 17.6. The van der Waals surface area contributed by atoms with E-state index in [1.54, 1.807) is 32.0 Å². The Morgan fingerprint density at radius 1 is 0.943 bits per heavy atom. The summed E-state index contributed by atoms with van der Waals surface area (Å²) >= 11 is 5.37. The summed E-state index contributed by atoms with van der Waals surface area (Å²) in [6.45, 7) is 3.53. The number of aryl methyl sites for hydroxylation is 2. The van der Waals surface area contributed by atoms with Crippen LogP contribution >= 0.6 is 12.2 Å². The third-order valence-electron chi connectivity index (χ3n) is 6.08. The van der Waals surface area contributed by atoms with Crippen LogP contribution in [0.15, 0.2) is 65.6 Å². The van der Waals surface area contributed by atoms with Crippen molar-refractivity contribution in [1.82, 2.24) is 15.3 Å². The molecule has 1 saturated carbocycles. The maximum Gasteiger partial charge on any atom is 0.264 e. The lowest BCUT2D eigenvalue weighted by atomic mass is 9.78. The maximum absolute atomic E-state index is 13.2. The number of hydrogen-bond acceptors (Lipinski definition) is 6. The molecular formula is C25H27N5O3S2. The van der Waals surface area contributed by atoms with E-state index in [2.05, 4.69) is 25.3 Å². The van der Waals surface area contributed by atoms with Crippen molar-refractivity contribution in [3.8, 4) is 0 Å². The third-order valence-corrected chi connectivity index (χ3v) is 7.62. The number of carbonyl (C=O) groups is 1. The van der Waals surface area contributed by atoms with E-state index in [9.17, 15) is 13.2 Å². The molecule has 0 radical (unpaired) electrons. The van der Waals surface area contributed by atoms with Crippen LogP contribution in [0, 0.1) is 13.8 Å². The molecular weight excluding hydrogens is 482 g/mol. The molecule has 1 aliphatic carbocycles. The van der Waals surface area contributed by atoms with Crippen molar-refractivity contribution in [3.63, 3.8) is 0 Å². The van der Waals surface area contributed by atoms with Gasteiger partial charge in [-0.2, -0.15) is 0 Å². The largest absolute Gasteiger partial charge is 0.332 e. The van der Waals surface area contributed by atoms with Crippen molar-refractivity contribution in [2.24, 2.45) is 0 Å². The lowest BCUT2D eigenvalue weighted by Crippen LogP contribution is -2.46. The van der Waals surface area contributed by atoms with Crippen LogP contribution in [-0.4, -0.2) is 29.4 Å². The topological polar surface area (TPSA) is 113 Å². The molecule has 35 heavy (non-hydrogen) atoms. The third kappa shape index (κ3) is 5.66. The van der Waals surface area contributed by atoms with Crippen LogP contribution in [0.3, 0.4) is 0 Å². The van der Waals surface area contributed by atoms with Gasteiger partial charge in [0.1, 0.15) is 0 Å². The molecule has 2 aromatic carbocycles. The average molecular weight is 510 g/mol. The molecule has 1 aromatic heterocycles. The lowest BCUT2D eigenvalue weighted by molar-refractivity contribution is -0.125. The summed E-state index contributed by atoms with van der Waals surface area (Å²) in [7, 11) is -3.87. The molecule has 0 bridgehead atoms. The molecule has 0 unspecified atom stereocenters. The van der Waals surface area contributed by atoms with Crippen LogP contribution in [0.5, 0.6) is 0 Å². The number of carbonyl (C=O) groups excluding carboxylic acids is 1. The smallest absolute Gasteiger partial charge is 0.264 e.